The lowest BCUT2D eigenvalue weighted by Crippen LogP contribution is -2.38. The van der Waals surface area contributed by atoms with Crippen LogP contribution in [0.3, 0.4) is 0 Å². The number of carbonyl (C=O) groups is 1. The van der Waals surface area contributed by atoms with Gasteiger partial charge in [-0.15, -0.1) is 11.3 Å². The predicted molar refractivity (Wildman–Crippen MR) is 135 cm³/mol. The van der Waals surface area contributed by atoms with Crippen molar-refractivity contribution in [3.05, 3.63) is 69.4 Å². The average molecular weight is 459 g/mol. The number of rotatable bonds is 4. The predicted octanol–water partition coefficient (Wildman–Crippen LogP) is 6.45. The van der Waals surface area contributed by atoms with Crippen LogP contribution in [-0.4, -0.2) is 38.8 Å². The molecule has 0 saturated carbocycles. The molecule has 1 aliphatic rings. The number of hydrogen-bond acceptors (Lipinski definition) is 4. The standard InChI is InChI=1S/C27H30N4OS/c1-16(2)25-22-13-20(19-7-9-31(10-8-19)27(32)24-14-33-15-28-24)5-6-23(22)30-26(25)21-11-17(3)29-18(4)12-21/h5-6,11-16,19,30H,7-10H2,1-4H3. The van der Waals surface area contributed by atoms with E-state index in [4.69, 9.17) is 0 Å². The first kappa shape index (κ1) is 21.8. The van der Waals surface area contributed by atoms with Crippen molar-refractivity contribution in [2.45, 2.75) is 52.4 Å². The van der Waals surface area contributed by atoms with Gasteiger partial charge in [0.25, 0.3) is 5.91 Å². The highest BCUT2D eigenvalue weighted by Crippen LogP contribution is 2.38. The molecule has 1 aromatic carbocycles. The van der Waals surface area contributed by atoms with E-state index in [-0.39, 0.29) is 5.91 Å². The third kappa shape index (κ3) is 4.20. The summed E-state index contributed by atoms with van der Waals surface area (Å²) in [7, 11) is 0. The first-order valence-electron chi connectivity index (χ1n) is 11.7. The molecule has 0 radical (unpaired) electrons. The van der Waals surface area contributed by atoms with Crippen molar-refractivity contribution in [3.8, 4) is 11.3 Å². The normalized spacial score (nSPS) is 15.0. The molecule has 0 unspecified atom stereocenters. The number of nitrogens with one attached hydrogen (secondary N) is 1. The zero-order valence-electron chi connectivity index (χ0n) is 19.7. The van der Waals surface area contributed by atoms with E-state index in [1.165, 1.54) is 44.6 Å². The summed E-state index contributed by atoms with van der Waals surface area (Å²) in [6, 6.07) is 11.2. The molecule has 33 heavy (non-hydrogen) atoms. The van der Waals surface area contributed by atoms with Crippen LogP contribution in [0.5, 0.6) is 0 Å². The molecule has 170 valence electrons. The van der Waals surface area contributed by atoms with Crippen LogP contribution in [0.2, 0.25) is 0 Å². The van der Waals surface area contributed by atoms with Gasteiger partial charge in [0, 0.05) is 46.3 Å². The van der Waals surface area contributed by atoms with Gasteiger partial charge in [0.1, 0.15) is 5.69 Å². The third-order valence-corrected chi connectivity index (χ3v) is 7.30. The van der Waals surface area contributed by atoms with E-state index < -0.39 is 0 Å². The molecule has 1 fully saturated rings. The Morgan fingerprint density at radius 3 is 2.48 bits per heavy atom. The minimum atomic E-state index is 0.0606. The smallest absolute Gasteiger partial charge is 0.273 e. The lowest BCUT2D eigenvalue weighted by atomic mass is 9.87. The van der Waals surface area contributed by atoms with Crippen LogP contribution in [0.4, 0.5) is 0 Å². The fraction of sp³-hybridized carbons (Fsp3) is 0.370. The Balaban J connectivity index is 1.44. The van der Waals surface area contributed by atoms with Gasteiger partial charge in [0.05, 0.1) is 11.2 Å². The SMILES string of the molecule is Cc1cc(-c2[nH]c3ccc(C4CCN(C(=O)c5cscn5)CC4)cc3c2C(C)C)cc(C)n1. The van der Waals surface area contributed by atoms with E-state index >= 15 is 0 Å². The van der Waals surface area contributed by atoms with Crippen molar-refractivity contribution in [2.24, 2.45) is 0 Å². The molecular weight excluding hydrogens is 428 g/mol. The first-order valence-corrected chi connectivity index (χ1v) is 12.6. The van der Waals surface area contributed by atoms with Gasteiger partial charge in [-0.05, 0) is 73.9 Å². The molecule has 1 amide bonds. The van der Waals surface area contributed by atoms with E-state index in [2.05, 4.69) is 73.0 Å². The molecule has 0 bridgehead atoms. The summed E-state index contributed by atoms with van der Waals surface area (Å²) in [5, 5.41) is 3.15. The van der Waals surface area contributed by atoms with E-state index in [1.807, 2.05) is 10.3 Å². The van der Waals surface area contributed by atoms with Gasteiger partial charge < -0.3 is 9.88 Å². The molecule has 1 saturated heterocycles. The first-order chi connectivity index (χ1) is 15.9. The number of amides is 1. The molecule has 3 aromatic heterocycles. The van der Waals surface area contributed by atoms with Gasteiger partial charge in [0.2, 0.25) is 0 Å². The molecule has 0 aliphatic carbocycles. The maximum atomic E-state index is 12.6. The van der Waals surface area contributed by atoms with Crippen molar-refractivity contribution in [2.75, 3.05) is 13.1 Å². The molecule has 5 rings (SSSR count). The molecule has 1 N–H and O–H groups in total. The van der Waals surface area contributed by atoms with Crippen molar-refractivity contribution < 1.29 is 4.79 Å². The second kappa shape index (κ2) is 8.75. The number of nitrogens with zero attached hydrogens (tertiary/aromatic N) is 3. The summed E-state index contributed by atoms with van der Waals surface area (Å²) in [4.78, 5) is 27.0. The topological polar surface area (TPSA) is 61.9 Å². The van der Waals surface area contributed by atoms with Gasteiger partial charge in [-0.3, -0.25) is 9.78 Å². The monoisotopic (exact) mass is 458 g/mol. The number of pyridine rings is 1. The van der Waals surface area contributed by atoms with Crippen LogP contribution >= 0.6 is 11.3 Å². The number of fused-ring (bicyclic) bond motifs is 1. The van der Waals surface area contributed by atoms with Gasteiger partial charge in [-0.2, -0.15) is 0 Å². The van der Waals surface area contributed by atoms with Crippen molar-refractivity contribution in [1.82, 2.24) is 19.9 Å². The molecule has 4 aromatic rings. The van der Waals surface area contributed by atoms with E-state index in [9.17, 15) is 4.79 Å². The molecular formula is C27H30N4OS. The fourth-order valence-electron chi connectivity index (χ4n) is 5.19. The minimum Gasteiger partial charge on any atom is -0.354 e. The van der Waals surface area contributed by atoms with Crippen molar-refractivity contribution >= 4 is 28.1 Å². The van der Waals surface area contributed by atoms with E-state index in [1.54, 1.807) is 5.51 Å². The van der Waals surface area contributed by atoms with Crippen LogP contribution in [0, 0.1) is 13.8 Å². The lowest BCUT2D eigenvalue weighted by Gasteiger charge is -2.32. The molecule has 5 nitrogen and oxygen atoms in total. The number of aromatic nitrogens is 3. The zero-order chi connectivity index (χ0) is 23.1. The third-order valence-electron chi connectivity index (χ3n) is 6.72. The second-order valence-corrected chi connectivity index (χ2v) is 10.2. The summed E-state index contributed by atoms with van der Waals surface area (Å²) in [5.74, 6) is 0.929. The summed E-state index contributed by atoms with van der Waals surface area (Å²) in [6.45, 7) is 10.2. The van der Waals surface area contributed by atoms with Crippen molar-refractivity contribution in [3.63, 3.8) is 0 Å². The Labute approximate surface area is 198 Å². The number of piperidine rings is 1. The molecule has 4 heterocycles. The second-order valence-electron chi connectivity index (χ2n) is 9.45. The maximum absolute atomic E-state index is 12.6. The largest absolute Gasteiger partial charge is 0.354 e. The minimum absolute atomic E-state index is 0.0606. The quantitative estimate of drug-likeness (QED) is 0.382. The number of aryl methyl sites for hydroxylation is 2. The van der Waals surface area contributed by atoms with Crippen molar-refractivity contribution in [1.29, 1.82) is 0 Å². The van der Waals surface area contributed by atoms with Crippen LogP contribution in [-0.2, 0) is 0 Å². The number of aromatic amines is 1. The summed E-state index contributed by atoms with van der Waals surface area (Å²) < 4.78 is 0. The number of benzene rings is 1. The zero-order valence-corrected chi connectivity index (χ0v) is 20.5. The van der Waals surface area contributed by atoms with Gasteiger partial charge in [-0.25, -0.2) is 4.98 Å². The maximum Gasteiger partial charge on any atom is 0.273 e. The highest BCUT2D eigenvalue weighted by Gasteiger charge is 2.26. The van der Waals surface area contributed by atoms with Gasteiger partial charge in [-0.1, -0.05) is 19.9 Å². The fourth-order valence-corrected chi connectivity index (χ4v) is 5.71. The Hall–Kier alpha value is -2.99. The summed E-state index contributed by atoms with van der Waals surface area (Å²) in [5.41, 5.74) is 10.7. The number of hydrogen-bond donors (Lipinski definition) is 1. The van der Waals surface area contributed by atoms with Crippen LogP contribution in [0.25, 0.3) is 22.2 Å². The molecule has 1 aliphatic heterocycles. The highest BCUT2D eigenvalue weighted by molar-refractivity contribution is 7.07. The molecule has 6 heteroatoms. The number of likely N-dealkylation sites (tertiary alicyclic amines) is 1. The molecule has 0 atom stereocenters. The molecule has 0 spiro atoms. The number of thiazole rings is 1. The lowest BCUT2D eigenvalue weighted by molar-refractivity contribution is 0.0708. The average Bonchev–Trinajstić information content (AvgIpc) is 3.46. The van der Waals surface area contributed by atoms with Gasteiger partial charge >= 0.3 is 0 Å². The van der Waals surface area contributed by atoms with Crippen LogP contribution in [0.15, 0.2) is 41.2 Å². The van der Waals surface area contributed by atoms with E-state index in [0.29, 0.717) is 17.5 Å². The Morgan fingerprint density at radius 1 is 1.12 bits per heavy atom. The van der Waals surface area contributed by atoms with E-state index in [0.717, 1.165) is 37.3 Å². The number of carbonyl (C=O) groups excluding carboxylic acids is 1. The Kier molecular flexibility index (Phi) is 5.79. The Bertz CT molecular complexity index is 1280. The van der Waals surface area contributed by atoms with Crippen LogP contribution < -0.4 is 0 Å². The van der Waals surface area contributed by atoms with Crippen LogP contribution in [0.1, 0.15) is 71.5 Å². The number of H-pyrrole nitrogens is 1. The van der Waals surface area contributed by atoms with Gasteiger partial charge in [0.15, 0.2) is 0 Å². The summed E-state index contributed by atoms with van der Waals surface area (Å²) >= 11 is 1.47. The highest BCUT2D eigenvalue weighted by atomic mass is 32.1. The Morgan fingerprint density at radius 2 is 1.85 bits per heavy atom. The summed E-state index contributed by atoms with van der Waals surface area (Å²) in [6.07, 6.45) is 1.97.